The molecular weight excluding hydrogens is 326 g/mol. The third-order valence-corrected chi connectivity index (χ3v) is 5.80. The van der Waals surface area contributed by atoms with Gasteiger partial charge in [-0.3, -0.25) is 9.36 Å². The molecule has 2 aliphatic carbocycles. The molecule has 0 saturated heterocycles. The number of halogens is 2. The maximum Gasteiger partial charge on any atom is 0.320 e. The number of hydrogen-bond donors (Lipinski definition) is 0. The molecule has 1 heterocycles. The number of ether oxygens (including phenoxy) is 1. The molecule has 1 aromatic carbocycles. The van der Waals surface area contributed by atoms with Crippen molar-refractivity contribution in [1.82, 2.24) is 9.55 Å². The predicted molar refractivity (Wildman–Crippen MR) is 89.0 cm³/mol. The minimum Gasteiger partial charge on any atom is -0.454 e. The quantitative estimate of drug-likeness (QED) is 0.725. The van der Waals surface area contributed by atoms with Gasteiger partial charge in [0, 0.05) is 6.42 Å². The Bertz CT molecular complexity index is 789. The highest BCUT2D eigenvalue weighted by Gasteiger charge is 2.40. The van der Waals surface area contributed by atoms with Crippen LogP contribution in [0.15, 0.2) is 24.3 Å². The molecule has 2 fully saturated rings. The number of esters is 1. The van der Waals surface area contributed by atoms with Crippen molar-refractivity contribution >= 4 is 17.0 Å². The summed E-state index contributed by atoms with van der Waals surface area (Å²) in [7, 11) is 0. The summed E-state index contributed by atoms with van der Waals surface area (Å²) in [5.41, 5.74) is 0.831. The number of rotatable bonds is 5. The van der Waals surface area contributed by atoms with Gasteiger partial charge in [-0.25, -0.2) is 4.98 Å². The Morgan fingerprint density at radius 3 is 2.80 bits per heavy atom. The summed E-state index contributed by atoms with van der Waals surface area (Å²) >= 11 is 0. The first-order valence-electron chi connectivity index (χ1n) is 8.97. The summed E-state index contributed by atoms with van der Waals surface area (Å²) in [6.45, 7) is -1.12. The highest BCUT2D eigenvalue weighted by atomic mass is 19.3. The largest absolute Gasteiger partial charge is 0.454 e. The van der Waals surface area contributed by atoms with Gasteiger partial charge in [-0.05, 0) is 56.1 Å². The average molecular weight is 348 g/mol. The number of fused-ring (bicyclic) bond motifs is 3. The summed E-state index contributed by atoms with van der Waals surface area (Å²) in [5.74, 6) is 1.59. The number of carbonyl (C=O) groups is 1. The van der Waals surface area contributed by atoms with Gasteiger partial charge in [0.1, 0.15) is 0 Å². The van der Waals surface area contributed by atoms with Gasteiger partial charge in [-0.1, -0.05) is 18.6 Å². The number of para-hydroxylation sites is 2. The van der Waals surface area contributed by atoms with E-state index < -0.39 is 12.7 Å². The van der Waals surface area contributed by atoms with Crippen LogP contribution < -0.4 is 0 Å². The van der Waals surface area contributed by atoms with E-state index in [2.05, 4.69) is 4.98 Å². The van der Waals surface area contributed by atoms with Crippen LogP contribution in [0.25, 0.3) is 11.0 Å². The number of benzene rings is 1. The Morgan fingerprint density at radius 2 is 2.12 bits per heavy atom. The summed E-state index contributed by atoms with van der Waals surface area (Å²) in [6, 6.07) is 6.72. The minimum absolute atomic E-state index is 0.0949. The van der Waals surface area contributed by atoms with E-state index in [0.717, 1.165) is 16.9 Å². The fourth-order valence-electron chi connectivity index (χ4n) is 4.69. The lowest BCUT2D eigenvalue weighted by molar-refractivity contribution is -0.151. The second kappa shape index (κ2) is 6.39. The molecule has 4 atom stereocenters. The summed E-state index contributed by atoms with van der Waals surface area (Å²) < 4.78 is 33.3. The van der Waals surface area contributed by atoms with E-state index in [1.165, 1.54) is 19.3 Å². The molecule has 0 spiro atoms. The standard InChI is InChI=1S/C19H22F2N2O2/c1-11(25-17(24)10-14-9-12-6-7-13(14)8-12)18-22-15-4-2-3-5-16(15)23(18)19(20)21/h2-5,11-14,19H,6-10H2,1H3. The topological polar surface area (TPSA) is 44.1 Å². The van der Waals surface area contributed by atoms with Gasteiger partial charge in [-0.15, -0.1) is 0 Å². The molecule has 0 aliphatic heterocycles. The third kappa shape index (κ3) is 3.02. The smallest absolute Gasteiger partial charge is 0.320 e. The maximum absolute atomic E-state index is 13.5. The molecule has 1 aromatic heterocycles. The average Bonchev–Trinajstić information content (AvgIpc) is 3.27. The molecule has 0 N–H and O–H groups in total. The molecule has 134 valence electrons. The minimum atomic E-state index is -2.73. The van der Waals surface area contributed by atoms with Gasteiger partial charge >= 0.3 is 12.5 Å². The number of carbonyl (C=O) groups excluding carboxylic acids is 1. The van der Waals surface area contributed by atoms with E-state index in [1.807, 2.05) is 0 Å². The lowest BCUT2D eigenvalue weighted by Gasteiger charge is -2.22. The van der Waals surface area contributed by atoms with Crippen molar-refractivity contribution in [1.29, 1.82) is 0 Å². The van der Waals surface area contributed by atoms with Gasteiger partial charge in [0.15, 0.2) is 11.9 Å². The molecular formula is C19H22F2N2O2. The number of aromatic nitrogens is 2. The van der Waals surface area contributed by atoms with Crippen LogP contribution >= 0.6 is 0 Å². The van der Waals surface area contributed by atoms with E-state index in [0.29, 0.717) is 29.3 Å². The number of nitrogens with zero attached hydrogens (tertiary/aromatic N) is 2. The Hall–Kier alpha value is -1.98. The molecule has 2 saturated carbocycles. The molecule has 4 nitrogen and oxygen atoms in total. The first kappa shape index (κ1) is 16.5. The van der Waals surface area contributed by atoms with Crippen LogP contribution in [-0.4, -0.2) is 15.5 Å². The van der Waals surface area contributed by atoms with Gasteiger partial charge in [0.05, 0.1) is 11.0 Å². The van der Waals surface area contributed by atoms with Crippen molar-refractivity contribution in [2.75, 3.05) is 0 Å². The van der Waals surface area contributed by atoms with Crippen LogP contribution in [0.1, 0.15) is 57.5 Å². The van der Waals surface area contributed by atoms with Gasteiger partial charge in [0.2, 0.25) is 0 Å². The van der Waals surface area contributed by atoms with E-state index in [4.69, 9.17) is 4.74 Å². The van der Waals surface area contributed by atoms with E-state index >= 15 is 0 Å². The molecule has 4 unspecified atom stereocenters. The lowest BCUT2D eigenvalue weighted by Crippen LogP contribution is -2.19. The number of imidazole rings is 1. The third-order valence-electron chi connectivity index (χ3n) is 5.80. The molecule has 0 radical (unpaired) electrons. The zero-order valence-electron chi connectivity index (χ0n) is 14.2. The Morgan fingerprint density at radius 1 is 1.32 bits per heavy atom. The molecule has 0 amide bonds. The normalized spacial score (nSPS) is 26.5. The number of alkyl halides is 2. The van der Waals surface area contributed by atoms with Crippen molar-refractivity contribution in [3.63, 3.8) is 0 Å². The Labute approximate surface area is 145 Å². The summed E-state index contributed by atoms with van der Waals surface area (Å²) in [5, 5.41) is 0. The fourth-order valence-corrected chi connectivity index (χ4v) is 4.69. The Kier molecular flexibility index (Phi) is 4.21. The highest BCUT2D eigenvalue weighted by Crippen LogP contribution is 2.49. The first-order valence-corrected chi connectivity index (χ1v) is 8.97. The molecule has 4 rings (SSSR count). The molecule has 2 aromatic rings. The fraction of sp³-hybridized carbons (Fsp3) is 0.579. The zero-order chi connectivity index (χ0) is 17.6. The van der Waals surface area contributed by atoms with Gasteiger partial charge in [-0.2, -0.15) is 8.78 Å². The predicted octanol–water partition coefficient (Wildman–Crippen LogP) is 4.86. The first-order chi connectivity index (χ1) is 12.0. The second-order valence-electron chi connectivity index (χ2n) is 7.38. The van der Waals surface area contributed by atoms with Gasteiger partial charge in [0.25, 0.3) is 0 Å². The SMILES string of the molecule is CC(OC(=O)CC1CC2CCC1C2)c1nc2ccccc2n1C(F)F. The zero-order valence-corrected chi connectivity index (χ0v) is 14.2. The lowest BCUT2D eigenvalue weighted by atomic mass is 9.86. The van der Waals surface area contributed by atoms with Crippen molar-refractivity contribution in [3.8, 4) is 0 Å². The van der Waals surface area contributed by atoms with Crippen molar-refractivity contribution in [3.05, 3.63) is 30.1 Å². The molecule has 25 heavy (non-hydrogen) atoms. The van der Waals surface area contributed by atoms with Crippen LogP contribution in [-0.2, 0) is 9.53 Å². The van der Waals surface area contributed by atoms with Crippen molar-refractivity contribution in [2.24, 2.45) is 17.8 Å². The summed E-state index contributed by atoms with van der Waals surface area (Å²) in [6.07, 6.45) is 4.41. The maximum atomic E-state index is 13.5. The monoisotopic (exact) mass is 348 g/mol. The molecule has 6 heteroatoms. The Balaban J connectivity index is 1.49. The second-order valence-corrected chi connectivity index (χ2v) is 7.38. The van der Waals surface area contributed by atoms with E-state index in [-0.39, 0.29) is 11.8 Å². The van der Waals surface area contributed by atoms with Gasteiger partial charge < -0.3 is 4.74 Å². The summed E-state index contributed by atoms with van der Waals surface area (Å²) in [4.78, 5) is 16.6. The van der Waals surface area contributed by atoms with Crippen molar-refractivity contribution in [2.45, 2.75) is 51.7 Å². The van der Waals surface area contributed by atoms with E-state index in [1.54, 1.807) is 31.2 Å². The van der Waals surface area contributed by atoms with Crippen LogP contribution in [0.2, 0.25) is 0 Å². The number of hydrogen-bond acceptors (Lipinski definition) is 3. The highest BCUT2D eigenvalue weighted by molar-refractivity contribution is 5.76. The van der Waals surface area contributed by atoms with E-state index in [9.17, 15) is 13.6 Å². The van der Waals surface area contributed by atoms with Crippen LogP contribution in [0.4, 0.5) is 8.78 Å². The van der Waals surface area contributed by atoms with Crippen LogP contribution in [0, 0.1) is 17.8 Å². The molecule has 2 bridgehead atoms. The molecule has 2 aliphatic rings. The van der Waals surface area contributed by atoms with Crippen molar-refractivity contribution < 1.29 is 18.3 Å². The van der Waals surface area contributed by atoms with Crippen LogP contribution in [0.5, 0.6) is 0 Å². The van der Waals surface area contributed by atoms with Crippen LogP contribution in [0.3, 0.4) is 0 Å².